The van der Waals surface area contributed by atoms with Crippen molar-refractivity contribution >= 4 is 69.1 Å². The van der Waals surface area contributed by atoms with Gasteiger partial charge in [0.05, 0.1) is 17.4 Å². The van der Waals surface area contributed by atoms with Crippen molar-refractivity contribution in [2.75, 3.05) is 5.32 Å². The average molecular weight is 453 g/mol. The zero-order valence-electron chi connectivity index (χ0n) is 15.3. The number of fused-ring (bicyclic) bond motifs is 1. The van der Waals surface area contributed by atoms with Gasteiger partial charge in [-0.25, -0.2) is 0 Å². The number of ketones is 1. The van der Waals surface area contributed by atoms with Crippen molar-refractivity contribution < 1.29 is 9.59 Å². The molecule has 0 aliphatic heterocycles. The highest BCUT2D eigenvalue weighted by Crippen LogP contribution is 2.24. The summed E-state index contributed by atoms with van der Waals surface area (Å²) < 4.78 is 8.24. The molecule has 4 rings (SSSR count). The van der Waals surface area contributed by atoms with E-state index in [0.717, 1.165) is 17.2 Å². The lowest BCUT2D eigenvalue weighted by Gasteiger charge is -2.13. The highest BCUT2D eigenvalue weighted by Gasteiger charge is 2.16. The molecular formula is C21H13ClN4O2S2. The number of halogens is 1. The van der Waals surface area contributed by atoms with Gasteiger partial charge < -0.3 is 5.32 Å². The van der Waals surface area contributed by atoms with Gasteiger partial charge in [-0.1, -0.05) is 41.9 Å². The molecule has 1 heterocycles. The van der Waals surface area contributed by atoms with Crippen molar-refractivity contribution in [3.8, 4) is 0 Å². The van der Waals surface area contributed by atoms with Crippen LogP contribution in [0.15, 0.2) is 66.7 Å². The molecule has 30 heavy (non-hydrogen) atoms. The molecule has 0 saturated heterocycles. The van der Waals surface area contributed by atoms with E-state index in [2.05, 4.69) is 19.4 Å². The van der Waals surface area contributed by atoms with Crippen molar-refractivity contribution in [2.24, 2.45) is 0 Å². The molecule has 0 saturated carbocycles. The Morgan fingerprint density at radius 1 is 0.900 bits per heavy atom. The number of nitrogens with one attached hydrogen (secondary N) is 2. The van der Waals surface area contributed by atoms with Crippen LogP contribution in [0.1, 0.15) is 26.3 Å². The van der Waals surface area contributed by atoms with Crippen molar-refractivity contribution in [1.82, 2.24) is 14.1 Å². The SMILES string of the molecule is O=C(NC(=S)Nc1ccc(Cl)cc1C(=O)c1ccccc1)c1ccc2nsnc2c1. The summed E-state index contributed by atoms with van der Waals surface area (Å²) in [6, 6.07) is 18.7. The summed E-state index contributed by atoms with van der Waals surface area (Å²) in [5.41, 5.74) is 3.07. The fourth-order valence-corrected chi connectivity index (χ4v) is 3.70. The topological polar surface area (TPSA) is 84.0 Å². The maximum absolute atomic E-state index is 12.9. The lowest BCUT2D eigenvalue weighted by Crippen LogP contribution is -2.34. The first kappa shape index (κ1) is 20.1. The van der Waals surface area contributed by atoms with Crippen molar-refractivity contribution in [1.29, 1.82) is 0 Å². The van der Waals surface area contributed by atoms with Crippen molar-refractivity contribution in [3.05, 3.63) is 88.4 Å². The molecule has 6 nitrogen and oxygen atoms in total. The van der Waals surface area contributed by atoms with E-state index in [9.17, 15) is 9.59 Å². The van der Waals surface area contributed by atoms with Crippen LogP contribution in [0.2, 0.25) is 5.02 Å². The molecule has 1 amide bonds. The Balaban J connectivity index is 1.53. The predicted octanol–water partition coefficient (Wildman–Crippen LogP) is 4.70. The Bertz CT molecular complexity index is 1270. The second kappa shape index (κ2) is 8.66. The van der Waals surface area contributed by atoms with E-state index in [1.54, 1.807) is 60.7 Å². The van der Waals surface area contributed by atoms with Gasteiger partial charge in [-0.05, 0) is 48.6 Å². The smallest absolute Gasteiger partial charge is 0.257 e. The second-order valence-corrected chi connectivity index (χ2v) is 7.63. The number of carbonyl (C=O) groups excluding carboxylic acids is 2. The molecule has 2 N–H and O–H groups in total. The molecule has 4 aromatic rings. The van der Waals surface area contributed by atoms with E-state index < -0.39 is 5.91 Å². The van der Waals surface area contributed by atoms with E-state index in [1.807, 2.05) is 6.07 Å². The van der Waals surface area contributed by atoms with E-state index in [4.69, 9.17) is 23.8 Å². The summed E-state index contributed by atoms with van der Waals surface area (Å²) >= 11 is 12.4. The molecule has 0 spiro atoms. The number of rotatable bonds is 4. The van der Waals surface area contributed by atoms with Gasteiger partial charge in [-0.3, -0.25) is 14.9 Å². The first-order valence-corrected chi connectivity index (χ1v) is 10.3. The molecule has 3 aromatic carbocycles. The predicted molar refractivity (Wildman–Crippen MR) is 122 cm³/mol. The molecule has 0 radical (unpaired) electrons. The summed E-state index contributed by atoms with van der Waals surface area (Å²) in [7, 11) is 0. The highest BCUT2D eigenvalue weighted by molar-refractivity contribution is 7.80. The number of nitrogens with zero attached hydrogens (tertiary/aromatic N) is 2. The Kier molecular flexibility index (Phi) is 5.80. The van der Waals surface area contributed by atoms with Crippen LogP contribution in [0.3, 0.4) is 0 Å². The Morgan fingerprint density at radius 3 is 2.47 bits per heavy atom. The monoisotopic (exact) mass is 452 g/mol. The normalized spacial score (nSPS) is 10.6. The first-order valence-electron chi connectivity index (χ1n) is 8.75. The van der Waals surface area contributed by atoms with Crippen molar-refractivity contribution in [3.63, 3.8) is 0 Å². The molecule has 0 fully saturated rings. The number of aromatic nitrogens is 2. The Labute approximate surface area is 186 Å². The zero-order valence-corrected chi connectivity index (χ0v) is 17.6. The molecule has 0 aliphatic carbocycles. The minimum atomic E-state index is -0.396. The van der Waals surface area contributed by atoms with E-state index in [0.29, 0.717) is 32.9 Å². The van der Waals surface area contributed by atoms with Gasteiger partial charge in [0, 0.05) is 21.7 Å². The number of thiocarbonyl (C=S) groups is 1. The number of amides is 1. The number of hydrogen-bond donors (Lipinski definition) is 2. The maximum atomic E-state index is 12.9. The summed E-state index contributed by atoms with van der Waals surface area (Å²) in [5.74, 6) is -0.608. The maximum Gasteiger partial charge on any atom is 0.257 e. The van der Waals surface area contributed by atoms with Crippen LogP contribution in [0.5, 0.6) is 0 Å². The third-order valence-corrected chi connectivity index (χ3v) is 5.25. The number of hydrogen-bond acceptors (Lipinski definition) is 6. The minimum absolute atomic E-state index is 0.0564. The second-order valence-electron chi connectivity index (χ2n) is 6.26. The van der Waals surface area contributed by atoms with Crippen LogP contribution >= 0.6 is 35.5 Å². The van der Waals surface area contributed by atoms with Crippen LogP contribution in [-0.4, -0.2) is 25.5 Å². The zero-order chi connectivity index (χ0) is 21.1. The van der Waals surface area contributed by atoms with Gasteiger partial charge in [0.15, 0.2) is 10.9 Å². The number of carbonyl (C=O) groups is 2. The fourth-order valence-electron chi connectivity index (χ4n) is 2.81. The number of anilines is 1. The van der Waals surface area contributed by atoms with Crippen LogP contribution in [0.25, 0.3) is 11.0 Å². The quantitative estimate of drug-likeness (QED) is 0.345. The molecule has 9 heteroatoms. The van der Waals surface area contributed by atoms with Crippen LogP contribution < -0.4 is 10.6 Å². The summed E-state index contributed by atoms with van der Waals surface area (Å²) in [5, 5.41) is 6.00. The fraction of sp³-hybridized carbons (Fsp3) is 0. The first-order chi connectivity index (χ1) is 14.5. The Morgan fingerprint density at radius 2 is 1.67 bits per heavy atom. The minimum Gasteiger partial charge on any atom is -0.332 e. The van der Waals surface area contributed by atoms with E-state index in [-0.39, 0.29) is 10.9 Å². The van der Waals surface area contributed by atoms with Gasteiger partial charge in [0.1, 0.15) is 11.0 Å². The van der Waals surface area contributed by atoms with Crippen molar-refractivity contribution in [2.45, 2.75) is 0 Å². The molecule has 0 atom stereocenters. The molecule has 148 valence electrons. The molecule has 0 unspecified atom stereocenters. The van der Waals surface area contributed by atoms with Gasteiger partial charge in [-0.2, -0.15) is 8.75 Å². The summed E-state index contributed by atoms with van der Waals surface area (Å²) in [4.78, 5) is 25.4. The number of benzene rings is 3. The van der Waals surface area contributed by atoms with Gasteiger partial charge in [0.2, 0.25) is 0 Å². The third kappa shape index (κ3) is 4.35. The molecular weight excluding hydrogens is 440 g/mol. The molecule has 0 aliphatic rings. The van der Waals surface area contributed by atoms with Crippen LogP contribution in [0, 0.1) is 0 Å². The lowest BCUT2D eigenvalue weighted by atomic mass is 10.0. The largest absolute Gasteiger partial charge is 0.332 e. The summed E-state index contributed by atoms with van der Waals surface area (Å²) in [6.45, 7) is 0. The molecule has 1 aromatic heterocycles. The Hall–Kier alpha value is -3.20. The molecule has 0 bridgehead atoms. The van der Waals surface area contributed by atoms with Gasteiger partial charge in [0.25, 0.3) is 5.91 Å². The highest BCUT2D eigenvalue weighted by atomic mass is 35.5. The third-order valence-electron chi connectivity index (χ3n) is 4.25. The van der Waals surface area contributed by atoms with Gasteiger partial charge in [-0.15, -0.1) is 0 Å². The average Bonchev–Trinajstić information content (AvgIpc) is 3.23. The summed E-state index contributed by atoms with van der Waals surface area (Å²) in [6.07, 6.45) is 0. The van der Waals surface area contributed by atoms with Gasteiger partial charge >= 0.3 is 0 Å². The van der Waals surface area contributed by atoms with Crippen LogP contribution in [0.4, 0.5) is 5.69 Å². The standard InChI is InChI=1S/C21H13ClN4O2S2/c22-14-7-9-16(15(11-14)19(27)12-4-2-1-3-5-12)23-21(29)24-20(28)13-6-8-17-18(10-13)26-30-25-17/h1-11H,(H2,23,24,28,29). The van der Waals surface area contributed by atoms with E-state index >= 15 is 0 Å². The lowest BCUT2D eigenvalue weighted by molar-refractivity contribution is 0.0977. The van der Waals surface area contributed by atoms with Crippen LogP contribution in [-0.2, 0) is 0 Å². The van der Waals surface area contributed by atoms with E-state index in [1.165, 1.54) is 0 Å².